The normalized spacial score (nSPS) is 11.4. The van der Waals surface area contributed by atoms with Crippen LogP contribution in [-0.4, -0.2) is 15.0 Å². The fourth-order valence-corrected chi connectivity index (χ4v) is 9.00. The molecule has 0 radical (unpaired) electrons. The molecule has 11 rings (SSSR count). The van der Waals surface area contributed by atoms with Crippen LogP contribution in [0.4, 0.5) is 0 Å². The lowest BCUT2D eigenvalue weighted by atomic mass is 9.87. The lowest BCUT2D eigenvalue weighted by Gasteiger charge is -2.16. The topological polar surface area (TPSA) is 62.5 Å². The second kappa shape index (κ2) is 15.1. The lowest BCUT2D eigenvalue weighted by Crippen LogP contribution is -2.00. The van der Waals surface area contributed by atoms with Crippen molar-refractivity contribution >= 4 is 10.8 Å². The van der Waals surface area contributed by atoms with Crippen molar-refractivity contribution < 1.29 is 0 Å². The Hall–Kier alpha value is -8.26. The van der Waals surface area contributed by atoms with Gasteiger partial charge in [0.2, 0.25) is 0 Å². The van der Waals surface area contributed by atoms with Crippen LogP contribution in [0.25, 0.3) is 112 Å². The molecule has 0 fully saturated rings. The first-order chi connectivity index (χ1) is 30.5. The van der Waals surface area contributed by atoms with Crippen LogP contribution in [0.1, 0.15) is 16.7 Å². The fraction of sp³-hybridized carbons (Fsp3) is 0.0345. The first-order valence-electron chi connectivity index (χ1n) is 20.9. The number of rotatable bonds is 7. The summed E-state index contributed by atoms with van der Waals surface area (Å²) in [5.74, 6) is 1.85. The molecule has 4 nitrogen and oxygen atoms in total. The van der Waals surface area contributed by atoms with Crippen LogP contribution in [-0.2, 0) is 0 Å². The van der Waals surface area contributed by atoms with Gasteiger partial charge in [-0.05, 0) is 116 Å². The Morgan fingerprint density at radius 3 is 1.29 bits per heavy atom. The third-order valence-corrected chi connectivity index (χ3v) is 12.1. The predicted octanol–water partition coefficient (Wildman–Crippen LogP) is 14.8. The highest BCUT2D eigenvalue weighted by molar-refractivity contribution is 6.19. The Labute approximate surface area is 361 Å². The van der Waals surface area contributed by atoms with E-state index in [0.717, 1.165) is 55.6 Å². The summed E-state index contributed by atoms with van der Waals surface area (Å²) in [6, 6.07) is 70.6. The van der Waals surface area contributed by atoms with Gasteiger partial charge in [0.05, 0.1) is 11.6 Å². The minimum absolute atomic E-state index is 0.600. The van der Waals surface area contributed by atoms with Crippen LogP contribution in [0.15, 0.2) is 194 Å². The SMILES string of the molecule is Cc1ccc(-c2nc(-c3ccc(C)cc3)nc(-c3cccc(-c4ccccc4-c4cc(C#N)cc(-c5ccccc5-c5ccc6c7c(cccc57)-c5ccccc5-6)c4)c3)n2)cc1. The van der Waals surface area contributed by atoms with Crippen molar-refractivity contribution in [2.45, 2.75) is 13.8 Å². The van der Waals surface area contributed by atoms with E-state index in [1.807, 2.05) is 12.1 Å². The summed E-state index contributed by atoms with van der Waals surface area (Å²) >= 11 is 0. The van der Waals surface area contributed by atoms with Crippen LogP contribution in [0, 0.1) is 25.2 Å². The first kappa shape index (κ1) is 36.8. The molecule has 0 spiro atoms. The minimum Gasteiger partial charge on any atom is -0.208 e. The van der Waals surface area contributed by atoms with E-state index in [2.05, 4.69) is 202 Å². The zero-order valence-corrected chi connectivity index (χ0v) is 34.3. The maximum absolute atomic E-state index is 10.5. The number of aryl methyl sites for hydroxylation is 2. The predicted molar refractivity (Wildman–Crippen MR) is 254 cm³/mol. The van der Waals surface area contributed by atoms with Gasteiger partial charge in [-0.15, -0.1) is 0 Å². The van der Waals surface area contributed by atoms with Gasteiger partial charge in [-0.25, -0.2) is 15.0 Å². The van der Waals surface area contributed by atoms with Crippen molar-refractivity contribution in [2.24, 2.45) is 0 Å². The molecular formula is C58H38N4. The lowest BCUT2D eigenvalue weighted by molar-refractivity contribution is 1.07. The van der Waals surface area contributed by atoms with Crippen LogP contribution < -0.4 is 0 Å². The Bertz CT molecular complexity index is 3340. The summed E-state index contributed by atoms with van der Waals surface area (Å²) in [6.45, 7) is 4.16. The number of benzene rings is 9. The highest BCUT2D eigenvalue weighted by atomic mass is 15.0. The van der Waals surface area contributed by atoms with Crippen LogP contribution in [0.5, 0.6) is 0 Å². The number of hydrogen-bond acceptors (Lipinski definition) is 4. The summed E-state index contributed by atoms with van der Waals surface area (Å²) in [5.41, 5.74) is 19.2. The van der Waals surface area contributed by atoms with Crippen LogP contribution in [0.3, 0.4) is 0 Å². The Morgan fingerprint density at radius 1 is 0.323 bits per heavy atom. The summed E-state index contributed by atoms with van der Waals surface area (Å²) < 4.78 is 0. The Balaban J connectivity index is 1.02. The molecule has 290 valence electrons. The van der Waals surface area contributed by atoms with Gasteiger partial charge in [0, 0.05) is 16.7 Å². The van der Waals surface area contributed by atoms with Crippen molar-refractivity contribution in [2.75, 3.05) is 0 Å². The summed E-state index contributed by atoms with van der Waals surface area (Å²) in [7, 11) is 0. The monoisotopic (exact) mass is 790 g/mol. The van der Waals surface area contributed by atoms with Gasteiger partial charge in [0.15, 0.2) is 17.5 Å². The molecule has 9 aromatic carbocycles. The maximum atomic E-state index is 10.5. The van der Waals surface area contributed by atoms with E-state index < -0.39 is 0 Å². The summed E-state index contributed by atoms with van der Waals surface area (Å²) in [4.78, 5) is 15.0. The molecule has 0 saturated carbocycles. The van der Waals surface area contributed by atoms with E-state index in [9.17, 15) is 5.26 Å². The molecule has 10 aromatic rings. The smallest absolute Gasteiger partial charge is 0.164 e. The second-order valence-electron chi connectivity index (χ2n) is 16.1. The maximum Gasteiger partial charge on any atom is 0.164 e. The van der Waals surface area contributed by atoms with Gasteiger partial charge in [-0.2, -0.15) is 5.26 Å². The third-order valence-electron chi connectivity index (χ3n) is 12.1. The minimum atomic E-state index is 0.600. The second-order valence-corrected chi connectivity index (χ2v) is 16.1. The zero-order chi connectivity index (χ0) is 41.7. The number of hydrogen-bond donors (Lipinski definition) is 0. The molecule has 1 heterocycles. The van der Waals surface area contributed by atoms with Crippen LogP contribution in [0.2, 0.25) is 0 Å². The molecule has 0 atom stereocenters. The average Bonchev–Trinajstić information content (AvgIpc) is 3.66. The van der Waals surface area contributed by atoms with Gasteiger partial charge < -0.3 is 0 Å². The molecule has 0 bridgehead atoms. The highest BCUT2D eigenvalue weighted by Crippen LogP contribution is 2.50. The molecule has 0 aliphatic heterocycles. The van der Waals surface area contributed by atoms with Crippen molar-refractivity contribution in [1.29, 1.82) is 5.26 Å². The molecule has 1 aromatic heterocycles. The van der Waals surface area contributed by atoms with Crippen molar-refractivity contribution in [1.82, 2.24) is 15.0 Å². The highest BCUT2D eigenvalue weighted by Gasteiger charge is 2.23. The van der Waals surface area contributed by atoms with E-state index >= 15 is 0 Å². The van der Waals surface area contributed by atoms with Gasteiger partial charge >= 0.3 is 0 Å². The fourth-order valence-electron chi connectivity index (χ4n) is 9.00. The number of fused-ring (bicyclic) bond motifs is 3. The van der Waals surface area contributed by atoms with E-state index in [1.54, 1.807) is 0 Å². The van der Waals surface area contributed by atoms with E-state index in [0.29, 0.717) is 23.0 Å². The molecule has 0 unspecified atom stereocenters. The molecule has 1 aliphatic rings. The van der Waals surface area contributed by atoms with Gasteiger partial charge in [-0.1, -0.05) is 181 Å². The molecule has 1 aliphatic carbocycles. The molecule has 62 heavy (non-hydrogen) atoms. The first-order valence-corrected chi connectivity index (χ1v) is 20.9. The number of nitrogens with zero attached hydrogens (tertiary/aromatic N) is 4. The standard InChI is InChI=1S/C58H38N4/c1-36-21-25-39(26-22-36)56-60-57(40-27-23-37(2)24-28-40)62-58(61-56)42-12-9-11-41(33-42)45-13-3-4-14-46(45)43-31-38(35-59)32-44(34-43)47-15-5-6-16-48(47)51-29-30-54-50-18-8-7-17-49(50)52-19-10-20-53(51)55(52)54/h3-34H,1-2H3. The van der Waals surface area contributed by atoms with E-state index in [4.69, 9.17) is 15.0 Å². The van der Waals surface area contributed by atoms with Gasteiger partial charge in [0.1, 0.15) is 0 Å². The molecule has 4 heteroatoms. The van der Waals surface area contributed by atoms with Gasteiger partial charge in [0.25, 0.3) is 0 Å². The quantitative estimate of drug-likeness (QED) is 0.161. The van der Waals surface area contributed by atoms with E-state index in [1.165, 1.54) is 49.7 Å². The summed E-state index contributed by atoms with van der Waals surface area (Å²) in [6.07, 6.45) is 0. The van der Waals surface area contributed by atoms with Crippen molar-refractivity contribution in [3.05, 3.63) is 211 Å². The van der Waals surface area contributed by atoms with E-state index in [-0.39, 0.29) is 0 Å². The number of aromatic nitrogens is 3. The third kappa shape index (κ3) is 6.45. The Kier molecular flexibility index (Phi) is 8.95. The molecular weight excluding hydrogens is 753 g/mol. The summed E-state index contributed by atoms with van der Waals surface area (Å²) in [5, 5.41) is 13.0. The molecule has 0 saturated heterocycles. The molecule has 0 N–H and O–H groups in total. The van der Waals surface area contributed by atoms with Crippen molar-refractivity contribution in [3.8, 4) is 107 Å². The zero-order valence-electron chi connectivity index (χ0n) is 34.3. The average molecular weight is 791 g/mol. The Morgan fingerprint density at radius 2 is 0.726 bits per heavy atom. The largest absolute Gasteiger partial charge is 0.208 e. The number of nitriles is 1. The molecule has 0 amide bonds. The van der Waals surface area contributed by atoms with Gasteiger partial charge in [-0.3, -0.25) is 0 Å². The van der Waals surface area contributed by atoms with Crippen molar-refractivity contribution in [3.63, 3.8) is 0 Å². The van der Waals surface area contributed by atoms with Crippen LogP contribution >= 0.6 is 0 Å².